The van der Waals surface area contributed by atoms with E-state index in [-0.39, 0.29) is 5.78 Å². The average molecular weight is 279 g/mol. The molecule has 3 nitrogen and oxygen atoms in total. The zero-order valence-corrected chi connectivity index (χ0v) is 12.0. The summed E-state index contributed by atoms with van der Waals surface area (Å²) in [5, 5.41) is 1.09. The number of fused-ring (bicyclic) bond motifs is 1. The van der Waals surface area contributed by atoms with Gasteiger partial charge < -0.3 is 9.30 Å². The van der Waals surface area contributed by atoms with Crippen molar-refractivity contribution in [2.24, 2.45) is 0 Å². The monoisotopic (exact) mass is 279 g/mol. The molecule has 0 aliphatic carbocycles. The lowest BCUT2D eigenvalue weighted by Crippen LogP contribution is -2.09. The molecule has 0 amide bonds. The summed E-state index contributed by atoms with van der Waals surface area (Å²) < 4.78 is 7.47. The van der Waals surface area contributed by atoms with Crippen LogP contribution in [0.25, 0.3) is 10.9 Å². The Balaban J connectivity index is 1.86. The molecule has 3 rings (SSSR count). The highest BCUT2D eigenvalue weighted by molar-refractivity contribution is 5.96. The normalized spacial score (nSPS) is 10.7. The maximum atomic E-state index is 12.3. The quantitative estimate of drug-likeness (QED) is 0.663. The first-order chi connectivity index (χ1) is 10.3. The van der Waals surface area contributed by atoms with Crippen LogP contribution < -0.4 is 4.74 Å². The van der Waals surface area contributed by atoms with Crippen molar-refractivity contribution in [3.05, 3.63) is 66.4 Å². The van der Waals surface area contributed by atoms with Crippen LogP contribution >= 0.6 is 0 Å². The molecule has 0 spiro atoms. The smallest absolute Gasteiger partial charge is 0.182 e. The number of carbonyl (C=O) groups is 1. The van der Waals surface area contributed by atoms with E-state index < -0.39 is 0 Å². The van der Waals surface area contributed by atoms with Crippen molar-refractivity contribution in [2.45, 2.75) is 13.5 Å². The Morgan fingerprint density at radius 1 is 1.10 bits per heavy atom. The summed E-state index contributed by atoms with van der Waals surface area (Å²) in [6.07, 6.45) is 1.95. The molecule has 0 aliphatic rings. The Morgan fingerprint density at radius 3 is 2.67 bits per heavy atom. The molecule has 0 saturated carbocycles. The van der Waals surface area contributed by atoms with E-state index in [0.717, 1.165) is 22.2 Å². The topological polar surface area (TPSA) is 31.2 Å². The summed E-state index contributed by atoms with van der Waals surface area (Å²) in [6.45, 7) is 2.97. The van der Waals surface area contributed by atoms with Gasteiger partial charge in [0.05, 0.1) is 13.2 Å². The van der Waals surface area contributed by atoms with Crippen LogP contribution in [0.4, 0.5) is 0 Å². The standard InChI is InChI=1S/C18H17NO2/c1-2-21-16-8-9-17-15(12-16)10-11-19(17)13-18(20)14-6-4-3-5-7-14/h3-12H,2,13H2,1H3. The molecule has 0 N–H and O–H groups in total. The number of carbonyl (C=O) groups excluding carboxylic acids is 1. The highest BCUT2D eigenvalue weighted by atomic mass is 16.5. The van der Waals surface area contributed by atoms with Crippen LogP contribution in [0, 0.1) is 0 Å². The lowest BCUT2D eigenvalue weighted by Gasteiger charge is -2.06. The summed E-state index contributed by atoms with van der Waals surface area (Å²) in [6, 6.07) is 17.3. The first-order valence-corrected chi connectivity index (χ1v) is 7.08. The van der Waals surface area contributed by atoms with Crippen LogP contribution in [0.15, 0.2) is 60.8 Å². The van der Waals surface area contributed by atoms with Crippen molar-refractivity contribution in [1.82, 2.24) is 4.57 Å². The number of benzene rings is 2. The van der Waals surface area contributed by atoms with E-state index in [2.05, 4.69) is 0 Å². The molecule has 1 aromatic heterocycles. The maximum absolute atomic E-state index is 12.3. The van der Waals surface area contributed by atoms with Crippen LogP contribution in [-0.4, -0.2) is 17.0 Å². The lowest BCUT2D eigenvalue weighted by atomic mass is 10.1. The fourth-order valence-electron chi connectivity index (χ4n) is 2.44. The molecule has 0 saturated heterocycles. The van der Waals surface area contributed by atoms with Crippen LogP contribution in [0.5, 0.6) is 5.75 Å². The van der Waals surface area contributed by atoms with Gasteiger partial charge in [0.15, 0.2) is 5.78 Å². The van der Waals surface area contributed by atoms with Crippen LogP contribution in [0.1, 0.15) is 17.3 Å². The van der Waals surface area contributed by atoms with Gasteiger partial charge in [0.25, 0.3) is 0 Å². The molecule has 2 aromatic carbocycles. The Labute approximate surface area is 123 Å². The van der Waals surface area contributed by atoms with Crippen LogP contribution in [-0.2, 0) is 6.54 Å². The average Bonchev–Trinajstić information content (AvgIpc) is 2.91. The minimum atomic E-state index is 0.113. The van der Waals surface area contributed by atoms with Crippen LogP contribution in [0.2, 0.25) is 0 Å². The summed E-state index contributed by atoms with van der Waals surface area (Å²) >= 11 is 0. The molecular formula is C18H17NO2. The molecule has 0 radical (unpaired) electrons. The second-order valence-corrected chi connectivity index (χ2v) is 4.89. The van der Waals surface area contributed by atoms with E-state index in [9.17, 15) is 4.79 Å². The number of ketones is 1. The summed E-state index contributed by atoms with van der Waals surface area (Å²) in [7, 11) is 0. The van der Waals surface area contributed by atoms with Crippen molar-refractivity contribution < 1.29 is 9.53 Å². The molecule has 0 unspecified atom stereocenters. The first kappa shape index (κ1) is 13.4. The second-order valence-electron chi connectivity index (χ2n) is 4.89. The van der Waals surface area contributed by atoms with Gasteiger partial charge in [-0.15, -0.1) is 0 Å². The third-order valence-electron chi connectivity index (χ3n) is 3.46. The van der Waals surface area contributed by atoms with E-state index in [0.29, 0.717) is 13.2 Å². The summed E-state index contributed by atoms with van der Waals surface area (Å²) in [5.74, 6) is 0.971. The maximum Gasteiger partial charge on any atom is 0.182 e. The van der Waals surface area contributed by atoms with Crippen molar-refractivity contribution in [2.75, 3.05) is 6.61 Å². The third-order valence-corrected chi connectivity index (χ3v) is 3.46. The number of hydrogen-bond acceptors (Lipinski definition) is 2. The molecule has 0 aliphatic heterocycles. The number of ether oxygens (including phenoxy) is 1. The van der Waals surface area contributed by atoms with Crippen molar-refractivity contribution in [3.8, 4) is 5.75 Å². The van der Waals surface area contributed by atoms with E-state index in [4.69, 9.17) is 4.74 Å². The fraction of sp³-hybridized carbons (Fsp3) is 0.167. The van der Waals surface area contributed by atoms with Gasteiger partial charge in [-0.2, -0.15) is 0 Å². The van der Waals surface area contributed by atoms with E-state index >= 15 is 0 Å². The zero-order valence-electron chi connectivity index (χ0n) is 12.0. The predicted octanol–water partition coefficient (Wildman–Crippen LogP) is 3.92. The van der Waals surface area contributed by atoms with Crippen LogP contribution in [0.3, 0.4) is 0 Å². The van der Waals surface area contributed by atoms with Gasteiger partial charge in [-0.25, -0.2) is 0 Å². The Morgan fingerprint density at radius 2 is 1.90 bits per heavy atom. The highest BCUT2D eigenvalue weighted by Gasteiger charge is 2.09. The van der Waals surface area contributed by atoms with Crippen molar-refractivity contribution in [1.29, 1.82) is 0 Å². The molecule has 1 heterocycles. The van der Waals surface area contributed by atoms with Gasteiger partial charge >= 0.3 is 0 Å². The zero-order chi connectivity index (χ0) is 14.7. The van der Waals surface area contributed by atoms with E-state index in [1.807, 2.05) is 72.3 Å². The van der Waals surface area contributed by atoms with E-state index in [1.165, 1.54) is 0 Å². The van der Waals surface area contributed by atoms with Gasteiger partial charge in [0.1, 0.15) is 5.75 Å². The van der Waals surface area contributed by atoms with Crippen molar-refractivity contribution >= 4 is 16.7 Å². The van der Waals surface area contributed by atoms with Gasteiger partial charge in [0, 0.05) is 22.7 Å². The predicted molar refractivity (Wildman–Crippen MR) is 83.9 cm³/mol. The fourth-order valence-corrected chi connectivity index (χ4v) is 2.44. The molecule has 0 atom stereocenters. The summed E-state index contributed by atoms with van der Waals surface area (Å²) in [4.78, 5) is 12.3. The van der Waals surface area contributed by atoms with Gasteiger partial charge in [-0.05, 0) is 31.2 Å². The van der Waals surface area contributed by atoms with E-state index in [1.54, 1.807) is 0 Å². The molecule has 21 heavy (non-hydrogen) atoms. The summed E-state index contributed by atoms with van der Waals surface area (Å²) in [5.41, 5.74) is 1.79. The molecule has 3 aromatic rings. The number of hydrogen-bond donors (Lipinski definition) is 0. The minimum absolute atomic E-state index is 0.113. The molecule has 3 heteroatoms. The number of Topliss-reactive ketones (excluding diaryl/α,β-unsaturated/α-hetero) is 1. The largest absolute Gasteiger partial charge is 0.494 e. The van der Waals surface area contributed by atoms with Gasteiger partial charge in [-0.3, -0.25) is 4.79 Å². The molecule has 0 fully saturated rings. The number of rotatable bonds is 5. The number of nitrogens with zero attached hydrogens (tertiary/aromatic N) is 1. The van der Waals surface area contributed by atoms with Crippen molar-refractivity contribution in [3.63, 3.8) is 0 Å². The Hall–Kier alpha value is -2.55. The molecule has 106 valence electrons. The molecular weight excluding hydrogens is 262 g/mol. The lowest BCUT2D eigenvalue weighted by molar-refractivity contribution is 0.0973. The first-order valence-electron chi connectivity index (χ1n) is 7.08. The molecule has 0 bridgehead atoms. The second kappa shape index (κ2) is 5.83. The Kier molecular flexibility index (Phi) is 3.73. The SMILES string of the molecule is CCOc1ccc2c(ccn2CC(=O)c2ccccc2)c1. The Bertz CT molecular complexity index is 759. The minimum Gasteiger partial charge on any atom is -0.494 e. The van der Waals surface area contributed by atoms with Gasteiger partial charge in [-0.1, -0.05) is 30.3 Å². The van der Waals surface area contributed by atoms with Gasteiger partial charge in [0.2, 0.25) is 0 Å². The highest BCUT2D eigenvalue weighted by Crippen LogP contribution is 2.22. The third kappa shape index (κ3) is 2.82. The number of aromatic nitrogens is 1.